The van der Waals surface area contributed by atoms with Gasteiger partial charge in [0.25, 0.3) is 5.56 Å². The summed E-state index contributed by atoms with van der Waals surface area (Å²) in [4.78, 5) is 29.9. The summed E-state index contributed by atoms with van der Waals surface area (Å²) in [5.41, 5.74) is 0.0915. The van der Waals surface area contributed by atoms with Crippen molar-refractivity contribution in [3.63, 3.8) is 0 Å². The lowest BCUT2D eigenvalue weighted by Gasteiger charge is -2.10. The summed E-state index contributed by atoms with van der Waals surface area (Å²) >= 11 is 6.14. The smallest absolute Gasteiger partial charge is 0.345 e. The van der Waals surface area contributed by atoms with Crippen molar-refractivity contribution in [1.82, 2.24) is 14.5 Å². The number of imidazole rings is 1. The van der Waals surface area contributed by atoms with Crippen LogP contribution >= 0.6 is 24.0 Å². The number of pyridine rings is 1. The molecule has 0 saturated carbocycles. The molecule has 0 aliphatic carbocycles. The number of aromatic hydroxyl groups is 1. The number of carboxylic acid groups (broad SMARTS) is 1. The van der Waals surface area contributed by atoms with Crippen molar-refractivity contribution in [3.05, 3.63) is 32.3 Å². The Hall–Kier alpha value is -1.99. The molecule has 3 rings (SSSR count). The molecule has 2 aromatic heterocycles. The standard InChI is InChI=1S/C14H14ClN3O4.ClH/c1-2-7-11(15)17-12-9-6(4-3-5-18(7)12)10(19)8(14(21)22)13(20)16-9;/h2-5H2,1H3,(H,21,22)(H2,16,19,20);1H. The van der Waals surface area contributed by atoms with Gasteiger partial charge < -0.3 is 19.8 Å². The molecule has 0 aromatic carbocycles. The number of nitrogens with zero attached hydrogens (tertiary/aromatic N) is 2. The van der Waals surface area contributed by atoms with E-state index >= 15 is 0 Å². The van der Waals surface area contributed by atoms with Gasteiger partial charge in [0.2, 0.25) is 0 Å². The number of aromatic carboxylic acids is 1. The number of hydrogen-bond acceptors (Lipinski definition) is 4. The van der Waals surface area contributed by atoms with E-state index in [1.807, 2.05) is 11.5 Å². The van der Waals surface area contributed by atoms with E-state index in [-0.39, 0.29) is 12.4 Å². The number of nitrogens with one attached hydrogen (secondary N) is 1. The predicted octanol–water partition coefficient (Wildman–Crippen LogP) is 2.23. The van der Waals surface area contributed by atoms with Gasteiger partial charge in [-0.15, -0.1) is 12.4 Å². The zero-order valence-electron chi connectivity index (χ0n) is 12.2. The topological polar surface area (TPSA) is 108 Å². The Morgan fingerprint density at radius 3 is 2.78 bits per heavy atom. The van der Waals surface area contributed by atoms with E-state index in [0.717, 1.165) is 5.69 Å². The Morgan fingerprint density at radius 2 is 2.17 bits per heavy atom. The Labute approximate surface area is 142 Å². The molecule has 1 aliphatic rings. The third kappa shape index (κ3) is 2.60. The molecule has 0 radical (unpaired) electrons. The highest BCUT2D eigenvalue weighted by Crippen LogP contribution is 2.35. The molecule has 124 valence electrons. The minimum absolute atomic E-state index is 0. The largest absolute Gasteiger partial charge is 0.506 e. The molecular weight excluding hydrogens is 345 g/mol. The molecular formula is C14H15Cl2N3O4. The zero-order valence-corrected chi connectivity index (χ0v) is 13.8. The second-order valence-corrected chi connectivity index (χ2v) is 5.48. The minimum Gasteiger partial charge on any atom is -0.506 e. The number of halogens is 2. The van der Waals surface area contributed by atoms with E-state index in [4.69, 9.17) is 16.7 Å². The van der Waals surface area contributed by atoms with Crippen molar-refractivity contribution in [2.24, 2.45) is 0 Å². The number of carboxylic acids is 1. The lowest BCUT2D eigenvalue weighted by Crippen LogP contribution is -2.20. The number of aromatic amines is 1. The molecule has 0 fully saturated rings. The van der Waals surface area contributed by atoms with Gasteiger partial charge in [-0.25, -0.2) is 9.78 Å². The van der Waals surface area contributed by atoms with Gasteiger partial charge in [-0.2, -0.15) is 0 Å². The molecule has 1 aliphatic heterocycles. The summed E-state index contributed by atoms with van der Waals surface area (Å²) in [5.74, 6) is -1.49. The maximum Gasteiger partial charge on any atom is 0.345 e. The molecule has 0 bridgehead atoms. The van der Waals surface area contributed by atoms with Crippen LogP contribution in [-0.4, -0.2) is 30.7 Å². The van der Waals surface area contributed by atoms with Gasteiger partial charge in [0.1, 0.15) is 5.75 Å². The first-order valence-electron chi connectivity index (χ1n) is 6.92. The Kier molecular flexibility index (Phi) is 4.72. The van der Waals surface area contributed by atoms with Crippen LogP contribution < -0.4 is 5.56 Å². The van der Waals surface area contributed by atoms with Crippen molar-refractivity contribution in [1.29, 1.82) is 0 Å². The van der Waals surface area contributed by atoms with E-state index in [0.29, 0.717) is 48.0 Å². The van der Waals surface area contributed by atoms with Gasteiger partial charge in [-0.05, 0) is 19.3 Å². The van der Waals surface area contributed by atoms with Crippen molar-refractivity contribution in [2.75, 3.05) is 0 Å². The van der Waals surface area contributed by atoms with Gasteiger partial charge in [0, 0.05) is 12.1 Å². The fraction of sp³-hybridized carbons (Fsp3) is 0.357. The number of hydrogen-bond donors (Lipinski definition) is 3. The lowest BCUT2D eigenvalue weighted by atomic mass is 10.0. The first kappa shape index (κ1) is 17.4. The van der Waals surface area contributed by atoms with Crippen LogP contribution in [0.2, 0.25) is 5.15 Å². The van der Waals surface area contributed by atoms with Crippen LogP contribution in [-0.2, 0) is 19.4 Å². The summed E-state index contributed by atoms with van der Waals surface area (Å²) in [6, 6.07) is 0. The first-order chi connectivity index (χ1) is 10.5. The van der Waals surface area contributed by atoms with Crippen LogP contribution in [0.1, 0.15) is 35.0 Å². The molecule has 2 aromatic rings. The number of fused-ring (bicyclic) bond motifs is 3. The second-order valence-electron chi connectivity index (χ2n) is 5.12. The monoisotopic (exact) mass is 359 g/mol. The molecule has 0 atom stereocenters. The molecule has 0 saturated heterocycles. The summed E-state index contributed by atoms with van der Waals surface area (Å²) in [6.07, 6.45) is 1.81. The van der Waals surface area contributed by atoms with Gasteiger partial charge in [-0.3, -0.25) is 4.79 Å². The zero-order chi connectivity index (χ0) is 16.0. The fourth-order valence-electron chi connectivity index (χ4n) is 2.90. The third-order valence-electron chi connectivity index (χ3n) is 3.89. The normalized spacial score (nSPS) is 12.8. The minimum atomic E-state index is -1.46. The molecule has 3 N–H and O–H groups in total. The average Bonchev–Trinajstić information content (AvgIpc) is 2.65. The van der Waals surface area contributed by atoms with Gasteiger partial charge >= 0.3 is 5.97 Å². The predicted molar refractivity (Wildman–Crippen MR) is 86.9 cm³/mol. The SMILES string of the molecule is CCc1c(Cl)nc2n1CCCc1c-2[nH]c(=O)c(C(=O)O)c1O.Cl. The van der Waals surface area contributed by atoms with Crippen LogP contribution in [0.3, 0.4) is 0 Å². The average molecular weight is 360 g/mol. The van der Waals surface area contributed by atoms with Crippen LogP contribution in [0.15, 0.2) is 4.79 Å². The first-order valence-corrected chi connectivity index (χ1v) is 7.30. The van der Waals surface area contributed by atoms with Crippen molar-refractivity contribution >= 4 is 30.0 Å². The van der Waals surface area contributed by atoms with Crippen LogP contribution in [0.5, 0.6) is 5.75 Å². The number of H-pyrrole nitrogens is 1. The maximum atomic E-state index is 12.0. The van der Waals surface area contributed by atoms with Crippen LogP contribution in [0, 0.1) is 0 Å². The van der Waals surface area contributed by atoms with Gasteiger partial charge in [0.15, 0.2) is 16.5 Å². The maximum absolute atomic E-state index is 12.0. The number of aromatic nitrogens is 3. The molecule has 3 heterocycles. The Bertz CT molecular complexity index is 842. The van der Waals surface area contributed by atoms with Crippen molar-refractivity contribution < 1.29 is 15.0 Å². The number of rotatable bonds is 2. The van der Waals surface area contributed by atoms with E-state index in [1.54, 1.807) is 0 Å². The van der Waals surface area contributed by atoms with E-state index in [9.17, 15) is 14.7 Å². The van der Waals surface area contributed by atoms with E-state index < -0.39 is 22.8 Å². The van der Waals surface area contributed by atoms with Gasteiger partial charge in [-0.1, -0.05) is 18.5 Å². The highest BCUT2D eigenvalue weighted by atomic mass is 35.5. The van der Waals surface area contributed by atoms with E-state index in [1.165, 1.54) is 0 Å². The molecule has 0 amide bonds. The summed E-state index contributed by atoms with van der Waals surface area (Å²) in [5, 5.41) is 19.6. The lowest BCUT2D eigenvalue weighted by molar-refractivity contribution is 0.0691. The number of carbonyl (C=O) groups is 1. The Balaban J connectivity index is 0.00000192. The second kappa shape index (κ2) is 6.25. The Morgan fingerprint density at radius 1 is 1.48 bits per heavy atom. The highest BCUT2D eigenvalue weighted by molar-refractivity contribution is 6.30. The molecule has 7 nitrogen and oxygen atoms in total. The van der Waals surface area contributed by atoms with E-state index in [2.05, 4.69) is 9.97 Å². The molecule has 9 heteroatoms. The van der Waals surface area contributed by atoms with Crippen LogP contribution in [0.25, 0.3) is 11.5 Å². The summed E-state index contributed by atoms with van der Waals surface area (Å²) in [6.45, 7) is 2.59. The van der Waals surface area contributed by atoms with Crippen LogP contribution in [0.4, 0.5) is 0 Å². The fourth-order valence-corrected chi connectivity index (χ4v) is 3.22. The summed E-state index contributed by atoms with van der Waals surface area (Å²) < 4.78 is 1.91. The summed E-state index contributed by atoms with van der Waals surface area (Å²) in [7, 11) is 0. The quantitative estimate of drug-likeness (QED) is 0.761. The third-order valence-corrected chi connectivity index (χ3v) is 4.20. The van der Waals surface area contributed by atoms with Crippen molar-refractivity contribution in [2.45, 2.75) is 32.7 Å². The van der Waals surface area contributed by atoms with Crippen molar-refractivity contribution in [3.8, 4) is 17.3 Å². The molecule has 0 unspecified atom stereocenters. The van der Waals surface area contributed by atoms with Gasteiger partial charge in [0.05, 0.1) is 11.4 Å². The highest BCUT2D eigenvalue weighted by Gasteiger charge is 2.28. The molecule has 0 spiro atoms. The molecule has 23 heavy (non-hydrogen) atoms.